The number of hydrogen-bond acceptors (Lipinski definition) is 5. The van der Waals surface area contributed by atoms with Crippen molar-refractivity contribution in [2.75, 3.05) is 31.6 Å². The highest BCUT2D eigenvalue weighted by Crippen LogP contribution is 2.26. The third-order valence-corrected chi connectivity index (χ3v) is 8.12. The minimum atomic E-state index is -3.67. The molecule has 2 aliphatic rings. The summed E-state index contributed by atoms with van der Waals surface area (Å²) in [5.74, 6) is 0.184. The van der Waals surface area contributed by atoms with Crippen LogP contribution in [0.3, 0.4) is 0 Å². The predicted molar refractivity (Wildman–Crippen MR) is 124 cm³/mol. The molecule has 0 aliphatic carbocycles. The summed E-state index contributed by atoms with van der Waals surface area (Å²) in [5, 5.41) is 2.94. The minimum absolute atomic E-state index is 0.141. The molecule has 0 radical (unpaired) electrons. The van der Waals surface area contributed by atoms with E-state index in [-0.39, 0.29) is 23.3 Å². The first kappa shape index (κ1) is 23.3. The number of sulfonamides is 1. The van der Waals surface area contributed by atoms with Gasteiger partial charge in [0.25, 0.3) is 0 Å². The van der Waals surface area contributed by atoms with Gasteiger partial charge in [0, 0.05) is 38.3 Å². The van der Waals surface area contributed by atoms with Gasteiger partial charge >= 0.3 is 0 Å². The second-order valence-electron chi connectivity index (χ2n) is 8.41. The topological polar surface area (TPSA) is 96.0 Å². The average Bonchev–Trinajstić information content (AvgIpc) is 3.28. The molecule has 33 heavy (non-hydrogen) atoms. The molecule has 1 atom stereocenters. The maximum absolute atomic E-state index is 13.0. The van der Waals surface area contributed by atoms with Crippen LogP contribution in [0, 0.1) is 5.92 Å². The number of hydrogen-bond donors (Lipinski definition) is 1. The monoisotopic (exact) mass is 471 g/mol. The van der Waals surface area contributed by atoms with Crippen LogP contribution in [-0.4, -0.2) is 51.3 Å². The third-order valence-electron chi connectivity index (χ3n) is 6.24. The zero-order valence-electron chi connectivity index (χ0n) is 18.7. The lowest BCUT2D eigenvalue weighted by Gasteiger charge is -2.31. The second kappa shape index (κ2) is 9.93. The summed E-state index contributed by atoms with van der Waals surface area (Å²) in [7, 11) is -2.14. The minimum Gasteiger partial charge on any atom is -0.497 e. The Hall–Kier alpha value is -2.91. The Morgan fingerprint density at radius 2 is 1.79 bits per heavy atom. The van der Waals surface area contributed by atoms with Crippen LogP contribution in [-0.2, 0) is 26.2 Å². The number of nitrogens with one attached hydrogen (secondary N) is 1. The van der Waals surface area contributed by atoms with Crippen molar-refractivity contribution >= 4 is 27.5 Å². The van der Waals surface area contributed by atoms with Crippen molar-refractivity contribution in [2.45, 2.75) is 37.1 Å². The average molecular weight is 472 g/mol. The molecule has 2 aliphatic heterocycles. The molecule has 0 saturated carbocycles. The largest absolute Gasteiger partial charge is 0.497 e. The number of amides is 2. The predicted octanol–water partition coefficient (Wildman–Crippen LogP) is 2.54. The van der Waals surface area contributed by atoms with Crippen LogP contribution in [0.4, 0.5) is 5.69 Å². The Kier molecular flexibility index (Phi) is 6.99. The fourth-order valence-electron chi connectivity index (χ4n) is 4.32. The Morgan fingerprint density at radius 1 is 1.06 bits per heavy atom. The van der Waals surface area contributed by atoms with E-state index in [0.717, 1.165) is 24.2 Å². The summed E-state index contributed by atoms with van der Waals surface area (Å²) in [4.78, 5) is 26.6. The molecule has 2 aromatic carbocycles. The maximum Gasteiger partial charge on any atom is 0.243 e. The molecule has 1 unspecified atom stereocenters. The van der Waals surface area contributed by atoms with Gasteiger partial charge in [-0.1, -0.05) is 12.1 Å². The van der Waals surface area contributed by atoms with E-state index in [9.17, 15) is 18.0 Å². The molecule has 1 N–H and O–H groups in total. The van der Waals surface area contributed by atoms with Gasteiger partial charge in [-0.3, -0.25) is 9.59 Å². The van der Waals surface area contributed by atoms with Crippen molar-refractivity contribution in [3.8, 4) is 5.75 Å². The van der Waals surface area contributed by atoms with Gasteiger partial charge in [-0.25, -0.2) is 8.42 Å². The first-order valence-electron chi connectivity index (χ1n) is 11.2. The molecule has 2 fully saturated rings. The number of benzene rings is 2. The van der Waals surface area contributed by atoms with Crippen LogP contribution in [0.25, 0.3) is 0 Å². The van der Waals surface area contributed by atoms with Gasteiger partial charge < -0.3 is 15.0 Å². The molecule has 176 valence electrons. The Balaban J connectivity index is 1.34. The number of piperidine rings is 1. The van der Waals surface area contributed by atoms with Crippen LogP contribution >= 0.6 is 0 Å². The molecule has 2 aromatic rings. The van der Waals surface area contributed by atoms with E-state index >= 15 is 0 Å². The molecule has 8 nitrogen and oxygen atoms in total. The second-order valence-corrected chi connectivity index (χ2v) is 10.3. The summed E-state index contributed by atoms with van der Waals surface area (Å²) in [5.41, 5.74) is 1.80. The van der Waals surface area contributed by atoms with Crippen molar-refractivity contribution < 1.29 is 22.7 Å². The molecular weight excluding hydrogens is 442 g/mol. The van der Waals surface area contributed by atoms with E-state index < -0.39 is 15.9 Å². The van der Waals surface area contributed by atoms with E-state index in [1.807, 2.05) is 24.3 Å². The fraction of sp³-hybridized carbons (Fsp3) is 0.417. The lowest BCUT2D eigenvalue weighted by Crippen LogP contribution is -2.45. The molecular formula is C24H29N3O5S. The summed E-state index contributed by atoms with van der Waals surface area (Å²) in [6.45, 7) is 1.66. The standard InChI is InChI=1S/C24H29N3O5S/c1-32-21-10-12-22(13-11-21)33(30,31)26-14-2-4-19(17-26)24(29)25-16-18-6-8-20(9-7-18)27-15-3-5-23(27)28/h6-13,19H,2-5,14-17H2,1H3,(H,25,29). The van der Waals surface area contributed by atoms with Gasteiger partial charge in [0.05, 0.1) is 17.9 Å². The van der Waals surface area contributed by atoms with Crippen LogP contribution in [0.5, 0.6) is 5.75 Å². The number of nitrogens with zero attached hydrogens (tertiary/aromatic N) is 2. The van der Waals surface area contributed by atoms with Gasteiger partial charge in [-0.2, -0.15) is 4.31 Å². The van der Waals surface area contributed by atoms with Crippen LogP contribution in [0.15, 0.2) is 53.4 Å². The van der Waals surface area contributed by atoms with E-state index in [0.29, 0.717) is 38.1 Å². The smallest absolute Gasteiger partial charge is 0.243 e. The van der Waals surface area contributed by atoms with E-state index in [2.05, 4.69) is 5.32 Å². The van der Waals surface area contributed by atoms with E-state index in [1.165, 1.54) is 23.5 Å². The number of ether oxygens (including phenoxy) is 1. The number of carbonyl (C=O) groups excluding carboxylic acids is 2. The number of carbonyl (C=O) groups is 2. The first-order chi connectivity index (χ1) is 15.9. The first-order valence-corrected chi connectivity index (χ1v) is 12.6. The van der Waals surface area contributed by atoms with Gasteiger partial charge in [0.2, 0.25) is 21.8 Å². The lowest BCUT2D eigenvalue weighted by atomic mass is 9.98. The Morgan fingerprint density at radius 3 is 2.42 bits per heavy atom. The summed E-state index contributed by atoms with van der Waals surface area (Å²) in [6.07, 6.45) is 2.75. The normalized spacial score (nSPS) is 19.5. The van der Waals surface area contributed by atoms with Crippen molar-refractivity contribution in [3.05, 3.63) is 54.1 Å². The molecule has 4 rings (SSSR count). The summed E-state index contributed by atoms with van der Waals surface area (Å²) >= 11 is 0. The van der Waals surface area contributed by atoms with Gasteiger partial charge in [0.1, 0.15) is 5.75 Å². The van der Waals surface area contributed by atoms with Crippen LogP contribution in [0.1, 0.15) is 31.2 Å². The van der Waals surface area contributed by atoms with Crippen LogP contribution in [0.2, 0.25) is 0 Å². The van der Waals surface area contributed by atoms with Gasteiger partial charge in [-0.15, -0.1) is 0 Å². The molecule has 2 amide bonds. The molecule has 0 spiro atoms. The zero-order valence-corrected chi connectivity index (χ0v) is 19.5. The highest BCUT2D eigenvalue weighted by Gasteiger charge is 2.33. The molecule has 0 aromatic heterocycles. The number of rotatable bonds is 7. The SMILES string of the molecule is COc1ccc(S(=O)(=O)N2CCCC(C(=O)NCc3ccc(N4CCCC4=O)cc3)C2)cc1. The summed E-state index contributed by atoms with van der Waals surface area (Å²) < 4.78 is 32.5. The van der Waals surface area contributed by atoms with Crippen molar-refractivity contribution in [3.63, 3.8) is 0 Å². The fourth-order valence-corrected chi connectivity index (χ4v) is 5.84. The Labute approximate surface area is 194 Å². The number of anilines is 1. The van der Waals surface area contributed by atoms with Crippen molar-refractivity contribution in [1.82, 2.24) is 9.62 Å². The highest BCUT2D eigenvalue weighted by atomic mass is 32.2. The zero-order chi connectivity index (χ0) is 23.4. The maximum atomic E-state index is 13.0. The van der Waals surface area contributed by atoms with Crippen molar-refractivity contribution in [2.24, 2.45) is 5.92 Å². The highest BCUT2D eigenvalue weighted by molar-refractivity contribution is 7.89. The molecule has 0 bridgehead atoms. The van der Waals surface area contributed by atoms with Gasteiger partial charge in [-0.05, 0) is 61.2 Å². The number of methoxy groups -OCH3 is 1. The summed E-state index contributed by atoms with van der Waals surface area (Å²) in [6, 6.07) is 13.9. The quantitative estimate of drug-likeness (QED) is 0.670. The Bertz CT molecular complexity index is 1100. The molecule has 2 heterocycles. The van der Waals surface area contributed by atoms with E-state index in [4.69, 9.17) is 4.74 Å². The molecule has 9 heteroatoms. The van der Waals surface area contributed by atoms with Crippen LogP contribution < -0.4 is 15.0 Å². The molecule has 2 saturated heterocycles. The van der Waals surface area contributed by atoms with E-state index in [1.54, 1.807) is 17.0 Å². The third kappa shape index (κ3) is 5.20. The lowest BCUT2D eigenvalue weighted by molar-refractivity contribution is -0.126. The van der Waals surface area contributed by atoms with Crippen molar-refractivity contribution in [1.29, 1.82) is 0 Å². The van der Waals surface area contributed by atoms with Gasteiger partial charge in [0.15, 0.2) is 0 Å².